The van der Waals surface area contributed by atoms with Gasteiger partial charge in [-0.1, -0.05) is 13.3 Å². The Morgan fingerprint density at radius 1 is 1.13 bits per heavy atom. The molecule has 0 rings (SSSR count). The Morgan fingerprint density at radius 2 is 1.47 bits per heavy atom. The topological polar surface area (TPSA) is 41.5 Å². The maximum atomic E-state index is 9.61. The van der Waals surface area contributed by atoms with Crippen molar-refractivity contribution in [1.29, 1.82) is 0 Å². The molecule has 0 unspecified atom stereocenters. The fourth-order valence-corrected chi connectivity index (χ4v) is 0.203. The van der Waals surface area contributed by atoms with E-state index in [1.54, 1.807) is 21.3 Å². The summed E-state index contributed by atoms with van der Waals surface area (Å²) in [6, 6.07) is 0. The summed E-state index contributed by atoms with van der Waals surface area (Å²) in [6.07, 6.45) is 2.91. The third kappa shape index (κ3) is 100. The summed E-state index contributed by atoms with van der Waals surface area (Å²) in [4.78, 5) is 0. The number of hydrogen-bond acceptors (Lipinski definition) is 3. The molecule has 0 fully saturated rings. The smallest absolute Gasteiger partial charge is 0.854 e. The molecule has 0 saturated heterocycles. The van der Waals surface area contributed by atoms with Crippen molar-refractivity contribution in [3.63, 3.8) is 0 Å². The van der Waals surface area contributed by atoms with Gasteiger partial charge in [0.1, 0.15) is 0 Å². The van der Waals surface area contributed by atoms with E-state index in [0.717, 1.165) is 6.42 Å². The normalized spacial score (nSPS) is 6.80. The quantitative estimate of drug-likeness (QED) is 0.263. The van der Waals surface area contributed by atoms with Crippen LogP contribution in [0.25, 0.3) is 0 Å². The van der Waals surface area contributed by atoms with Crippen molar-refractivity contribution in [3.05, 3.63) is 6.92 Å². The van der Waals surface area contributed by atoms with Gasteiger partial charge in [0.05, 0.1) is 0 Å². The van der Waals surface area contributed by atoms with E-state index in [2.05, 4.69) is 23.3 Å². The summed E-state index contributed by atoms with van der Waals surface area (Å²) in [6.45, 7) is 6.30. The van der Waals surface area contributed by atoms with E-state index >= 15 is 0 Å². The third-order valence-corrected chi connectivity index (χ3v) is 0.846. The van der Waals surface area contributed by atoms with Crippen LogP contribution >= 0.6 is 0 Å². The van der Waals surface area contributed by atoms with Crippen molar-refractivity contribution in [2.45, 2.75) is 26.2 Å². The Kier molecular flexibility index (Phi) is 90.9. The van der Waals surface area contributed by atoms with E-state index in [9.17, 15) is 5.11 Å². The van der Waals surface area contributed by atoms with Crippen LogP contribution in [0.3, 0.4) is 0 Å². The largest absolute Gasteiger partial charge is 1.00 e. The Morgan fingerprint density at radius 3 is 1.53 bits per heavy atom. The van der Waals surface area contributed by atoms with Crippen molar-refractivity contribution in [3.8, 4) is 0 Å². The fraction of sp³-hybridized carbons (Fsp3) is 0.900. The van der Waals surface area contributed by atoms with E-state index in [-0.39, 0.29) is 44.3 Å². The average molecular weight is 206 g/mol. The second-order valence-corrected chi connectivity index (χ2v) is 2.31. The van der Waals surface area contributed by atoms with Gasteiger partial charge in [0.25, 0.3) is 0 Å². The van der Waals surface area contributed by atoms with Gasteiger partial charge < -0.3 is 21.5 Å². The van der Waals surface area contributed by atoms with Crippen LogP contribution in [0.15, 0.2) is 0 Å². The second kappa shape index (κ2) is 45.8. The third-order valence-electron chi connectivity index (χ3n) is 0.846. The van der Waals surface area contributed by atoms with Crippen molar-refractivity contribution in [2.24, 2.45) is 0 Å². The Bertz CT molecular complexity index is 51.9. The van der Waals surface area contributed by atoms with Gasteiger partial charge in [-0.3, -0.25) is 0 Å². The number of unbranched alkanes of at least 4 members (excludes halogenated alkanes) is 1. The van der Waals surface area contributed by atoms with Crippen LogP contribution in [-0.4, -0.2) is 34.5 Å². The fourth-order valence-electron chi connectivity index (χ4n) is 0.203. The monoisotopic (exact) mass is 206 g/mol. The molecule has 0 aliphatic carbocycles. The molecule has 0 bridgehead atoms. The molecule has 5 heteroatoms. The first-order valence-electron chi connectivity index (χ1n) is 4.51. The van der Waals surface area contributed by atoms with E-state index in [0.29, 0.717) is 13.0 Å². The van der Waals surface area contributed by atoms with Crippen LogP contribution in [-0.2, 0) is 9.47 Å². The van der Waals surface area contributed by atoms with Crippen LogP contribution in [0, 0.1) is 6.92 Å². The van der Waals surface area contributed by atoms with E-state index < -0.39 is 0 Å². The molecule has 0 heterocycles. The molecule has 0 aliphatic heterocycles. The van der Waals surface area contributed by atoms with E-state index in [1.165, 1.54) is 6.42 Å². The Labute approximate surface area is 120 Å². The molecule has 3 nitrogen and oxygen atoms in total. The van der Waals surface area contributed by atoms with Gasteiger partial charge in [-0.15, -0.1) is 6.61 Å². The van der Waals surface area contributed by atoms with Crippen LogP contribution in [0.4, 0.5) is 0 Å². The molecule has 0 amide bonds. The number of ether oxygens (including phenoxy) is 2. The summed E-state index contributed by atoms with van der Waals surface area (Å²) in [5, 5.41) is 9.61. The summed E-state index contributed by atoms with van der Waals surface area (Å²) >= 11 is 0. The predicted molar refractivity (Wildman–Crippen MR) is 54.6 cm³/mol. The van der Waals surface area contributed by atoms with E-state index in [4.69, 9.17) is 0 Å². The van der Waals surface area contributed by atoms with Gasteiger partial charge in [-0.05, 0) is 6.42 Å². The molecule has 0 N–H and O–H groups in total. The molecule has 84 valence electrons. The van der Waals surface area contributed by atoms with Gasteiger partial charge in [0.2, 0.25) is 0 Å². The van der Waals surface area contributed by atoms with Crippen LogP contribution in [0.5, 0.6) is 0 Å². The SMILES string of the molecule is COC.COCCC[O-].[CH2-]CCC.[Li+].[Li+]. The summed E-state index contributed by atoms with van der Waals surface area (Å²) in [7, 11) is 4.84. The Balaban J connectivity index is -0.0000000332. The molecule has 0 spiro atoms. The molecule has 15 heavy (non-hydrogen) atoms. The number of methoxy groups -OCH3 is 2. The average Bonchev–Trinajstić information content (AvgIpc) is 2.16. The van der Waals surface area contributed by atoms with Gasteiger partial charge in [0, 0.05) is 27.9 Å². The van der Waals surface area contributed by atoms with Gasteiger partial charge in [0.15, 0.2) is 0 Å². The molecule has 0 radical (unpaired) electrons. The van der Waals surface area contributed by atoms with E-state index in [1.807, 2.05) is 0 Å². The van der Waals surface area contributed by atoms with Crippen LogP contribution < -0.4 is 42.8 Å². The maximum absolute atomic E-state index is 9.61. The summed E-state index contributed by atoms with van der Waals surface area (Å²) in [5.41, 5.74) is 0. The standard InChI is InChI=1S/C4H9O2.C4H9.C2H6O.2Li/c1-6-4-2-3-5;1-3-4-2;1-3-2;;/h2-4H2,1H3;1,3-4H2,2H3;1-2H3;;/q2*-1;;2*+1. The summed E-state index contributed by atoms with van der Waals surface area (Å²) < 4.78 is 8.83. The van der Waals surface area contributed by atoms with Crippen LogP contribution in [0.2, 0.25) is 0 Å². The maximum Gasteiger partial charge on any atom is 1.00 e. The molecule has 0 aliphatic rings. The molecule has 0 saturated carbocycles. The minimum atomic E-state index is -0.0200. The number of hydrogen-bond donors (Lipinski definition) is 0. The molecule has 0 atom stereocenters. The summed E-state index contributed by atoms with van der Waals surface area (Å²) in [5.74, 6) is 0. The van der Waals surface area contributed by atoms with Gasteiger partial charge >= 0.3 is 37.7 Å². The molecular weight excluding hydrogens is 182 g/mol. The molecular formula is C10H24Li2O3. The first-order chi connectivity index (χ1) is 6.24. The zero-order valence-corrected chi connectivity index (χ0v) is 11.5. The van der Waals surface area contributed by atoms with Crippen LogP contribution in [0.1, 0.15) is 26.2 Å². The first-order valence-corrected chi connectivity index (χ1v) is 4.51. The van der Waals surface area contributed by atoms with Crippen molar-refractivity contribution in [2.75, 3.05) is 34.5 Å². The zero-order valence-electron chi connectivity index (χ0n) is 11.5. The molecule has 0 aromatic heterocycles. The first kappa shape index (κ1) is 29.8. The van der Waals surface area contributed by atoms with Gasteiger partial charge in [-0.25, -0.2) is 0 Å². The van der Waals surface area contributed by atoms with Gasteiger partial charge in [-0.2, -0.15) is 6.42 Å². The predicted octanol–water partition coefficient (Wildman–Crippen LogP) is -4.73. The minimum Gasteiger partial charge on any atom is -0.854 e. The second-order valence-electron chi connectivity index (χ2n) is 2.31. The Hall–Kier alpha value is 1.07. The van der Waals surface area contributed by atoms with Crippen molar-refractivity contribution >= 4 is 0 Å². The number of rotatable bonds is 4. The minimum absolute atomic E-state index is 0. The molecule has 0 aromatic carbocycles. The zero-order chi connectivity index (χ0) is 10.9. The van der Waals surface area contributed by atoms with Crippen molar-refractivity contribution in [1.82, 2.24) is 0 Å². The molecule has 0 aromatic rings. The van der Waals surface area contributed by atoms with Crippen molar-refractivity contribution < 1.29 is 52.3 Å².